The van der Waals surface area contributed by atoms with Crippen LogP contribution in [0.1, 0.15) is 23.2 Å². The molecule has 0 aliphatic carbocycles. The lowest BCUT2D eigenvalue weighted by atomic mass is 10.0. The lowest BCUT2D eigenvalue weighted by molar-refractivity contribution is -0.135. The van der Waals surface area contributed by atoms with Crippen molar-refractivity contribution >= 4 is 11.8 Å². The van der Waals surface area contributed by atoms with Crippen molar-refractivity contribution < 1.29 is 14.3 Å². The number of methoxy groups -OCH3 is 1. The number of rotatable bonds is 4. The smallest absolute Gasteiger partial charge is 0.255 e. The first-order valence-electron chi connectivity index (χ1n) is 10.0. The topological polar surface area (TPSA) is 74.8 Å². The summed E-state index contributed by atoms with van der Waals surface area (Å²) >= 11 is 0. The van der Waals surface area contributed by atoms with Crippen LogP contribution in [0.15, 0.2) is 42.7 Å². The number of piperidine rings is 1. The fraction of sp³-hybridized carbons (Fsp3) is 0.409. The van der Waals surface area contributed by atoms with E-state index in [0.29, 0.717) is 31.7 Å². The van der Waals surface area contributed by atoms with Gasteiger partial charge in [-0.2, -0.15) is 0 Å². The van der Waals surface area contributed by atoms with Crippen molar-refractivity contribution in [1.82, 2.24) is 20.1 Å². The van der Waals surface area contributed by atoms with E-state index in [1.165, 1.54) is 0 Å². The van der Waals surface area contributed by atoms with Crippen LogP contribution >= 0.6 is 0 Å². The van der Waals surface area contributed by atoms with Gasteiger partial charge >= 0.3 is 0 Å². The summed E-state index contributed by atoms with van der Waals surface area (Å²) in [6.45, 7) is 3.20. The van der Waals surface area contributed by atoms with Gasteiger partial charge in [-0.15, -0.1) is 0 Å². The van der Waals surface area contributed by atoms with Gasteiger partial charge < -0.3 is 19.9 Å². The van der Waals surface area contributed by atoms with Gasteiger partial charge in [-0.1, -0.05) is 12.1 Å². The van der Waals surface area contributed by atoms with E-state index in [9.17, 15) is 9.59 Å². The molecule has 0 bridgehead atoms. The monoisotopic (exact) mass is 394 g/mol. The van der Waals surface area contributed by atoms with Crippen molar-refractivity contribution in [3.63, 3.8) is 0 Å². The minimum Gasteiger partial charge on any atom is -0.497 e. The second-order valence-electron chi connectivity index (χ2n) is 7.50. The molecule has 7 nitrogen and oxygen atoms in total. The zero-order valence-corrected chi connectivity index (χ0v) is 16.6. The third-order valence-electron chi connectivity index (χ3n) is 5.66. The molecular weight excluding hydrogens is 368 g/mol. The summed E-state index contributed by atoms with van der Waals surface area (Å²) in [5.74, 6) is 0.884. The van der Waals surface area contributed by atoms with E-state index >= 15 is 0 Å². The van der Waals surface area contributed by atoms with Crippen molar-refractivity contribution in [2.75, 3.05) is 39.8 Å². The maximum atomic E-state index is 13.1. The molecule has 1 N–H and O–H groups in total. The Morgan fingerprint density at radius 2 is 2.00 bits per heavy atom. The van der Waals surface area contributed by atoms with Gasteiger partial charge in [-0.25, -0.2) is 0 Å². The van der Waals surface area contributed by atoms with E-state index in [0.717, 1.165) is 36.3 Å². The van der Waals surface area contributed by atoms with Crippen LogP contribution in [-0.4, -0.2) is 72.5 Å². The molecule has 29 heavy (non-hydrogen) atoms. The zero-order chi connectivity index (χ0) is 20.2. The number of likely N-dealkylation sites (tertiary alicyclic amines) is 1. The predicted octanol–water partition coefficient (Wildman–Crippen LogP) is 1.79. The van der Waals surface area contributed by atoms with Crippen LogP contribution < -0.4 is 10.1 Å². The van der Waals surface area contributed by atoms with Crippen LogP contribution in [0.25, 0.3) is 11.1 Å². The van der Waals surface area contributed by atoms with Crippen molar-refractivity contribution in [1.29, 1.82) is 0 Å². The van der Waals surface area contributed by atoms with Gasteiger partial charge in [-0.3, -0.25) is 14.6 Å². The van der Waals surface area contributed by atoms with Crippen LogP contribution in [0, 0.1) is 0 Å². The molecule has 3 heterocycles. The highest BCUT2D eigenvalue weighted by Gasteiger charge is 2.32. The Kier molecular flexibility index (Phi) is 5.76. The molecule has 2 amide bonds. The Hall–Kier alpha value is -2.93. The highest BCUT2D eigenvalue weighted by molar-refractivity contribution is 5.95. The maximum absolute atomic E-state index is 13.1. The van der Waals surface area contributed by atoms with Gasteiger partial charge in [0.05, 0.1) is 19.2 Å². The van der Waals surface area contributed by atoms with E-state index in [2.05, 4.69) is 10.3 Å². The molecule has 4 rings (SSSR count). The number of nitrogens with zero attached hydrogens (tertiary/aromatic N) is 3. The second-order valence-corrected chi connectivity index (χ2v) is 7.50. The van der Waals surface area contributed by atoms with E-state index in [1.54, 1.807) is 19.5 Å². The summed E-state index contributed by atoms with van der Waals surface area (Å²) in [4.78, 5) is 33.5. The number of benzene rings is 1. The van der Waals surface area contributed by atoms with Crippen molar-refractivity contribution in [2.45, 2.75) is 18.9 Å². The first-order valence-corrected chi connectivity index (χ1v) is 10.0. The molecule has 0 saturated carbocycles. The molecular formula is C22H26N4O3. The second kappa shape index (κ2) is 8.61. The molecule has 2 aliphatic rings. The molecule has 1 aromatic heterocycles. The van der Waals surface area contributed by atoms with Gasteiger partial charge in [0, 0.05) is 50.2 Å². The Morgan fingerprint density at radius 3 is 2.76 bits per heavy atom. The summed E-state index contributed by atoms with van der Waals surface area (Å²) in [6.07, 6.45) is 5.23. The van der Waals surface area contributed by atoms with Crippen LogP contribution in [0.2, 0.25) is 0 Å². The number of amides is 2. The number of carbonyl (C=O) groups is 2. The van der Waals surface area contributed by atoms with Crippen LogP contribution in [0.3, 0.4) is 0 Å². The Bertz CT molecular complexity index is 884. The van der Waals surface area contributed by atoms with Gasteiger partial charge in [0.15, 0.2) is 0 Å². The van der Waals surface area contributed by atoms with Crippen LogP contribution in [0.5, 0.6) is 5.75 Å². The first kappa shape index (κ1) is 19.4. The standard InChI is InChI=1S/C22H26N4O3/c1-29-20-6-4-16(5-7-20)17-11-18(13-24-12-17)22(28)25-9-2-3-19(15-25)26-10-8-23-14-21(26)27/h4-7,11-13,19,23H,2-3,8-10,14-15H2,1H3. The number of pyridine rings is 1. The summed E-state index contributed by atoms with van der Waals surface area (Å²) in [5.41, 5.74) is 2.45. The number of hydrogen-bond donors (Lipinski definition) is 1. The highest BCUT2D eigenvalue weighted by Crippen LogP contribution is 2.24. The number of hydrogen-bond acceptors (Lipinski definition) is 5. The van der Waals surface area contributed by atoms with Gasteiger partial charge in [0.1, 0.15) is 5.75 Å². The van der Waals surface area contributed by atoms with Crippen LogP contribution in [0.4, 0.5) is 0 Å². The third kappa shape index (κ3) is 4.24. The minimum absolute atomic E-state index is 0.0276. The quantitative estimate of drug-likeness (QED) is 0.856. The molecule has 7 heteroatoms. The van der Waals surface area contributed by atoms with E-state index < -0.39 is 0 Å². The fourth-order valence-corrected chi connectivity index (χ4v) is 4.08. The van der Waals surface area contributed by atoms with Gasteiger partial charge in [0.25, 0.3) is 5.91 Å². The number of ether oxygens (including phenoxy) is 1. The molecule has 0 radical (unpaired) electrons. The van der Waals surface area contributed by atoms with E-state index in [-0.39, 0.29) is 17.9 Å². The van der Waals surface area contributed by atoms with E-state index in [4.69, 9.17) is 4.74 Å². The van der Waals surface area contributed by atoms with E-state index in [1.807, 2.05) is 40.1 Å². The van der Waals surface area contributed by atoms with Gasteiger partial charge in [0.2, 0.25) is 5.91 Å². The summed E-state index contributed by atoms with van der Waals surface area (Å²) in [5, 5.41) is 3.10. The predicted molar refractivity (Wildman–Crippen MR) is 110 cm³/mol. The number of carbonyl (C=O) groups excluding carboxylic acids is 2. The van der Waals surface area contributed by atoms with Crippen molar-refractivity contribution in [3.8, 4) is 16.9 Å². The average Bonchev–Trinajstić information content (AvgIpc) is 2.79. The Labute approximate surface area is 170 Å². The molecule has 1 atom stereocenters. The maximum Gasteiger partial charge on any atom is 0.255 e. The largest absolute Gasteiger partial charge is 0.497 e. The molecule has 0 spiro atoms. The van der Waals surface area contributed by atoms with Crippen molar-refractivity contribution in [3.05, 3.63) is 48.3 Å². The normalized spacial score (nSPS) is 19.9. The molecule has 152 valence electrons. The third-order valence-corrected chi connectivity index (χ3v) is 5.66. The molecule has 2 aliphatic heterocycles. The number of piperazine rings is 1. The SMILES string of the molecule is COc1ccc(-c2cncc(C(=O)N3CCCC(N4CCNCC4=O)C3)c2)cc1. The highest BCUT2D eigenvalue weighted by atomic mass is 16.5. The minimum atomic E-state index is -0.0276. The summed E-state index contributed by atoms with van der Waals surface area (Å²) in [6, 6.07) is 9.68. The van der Waals surface area contributed by atoms with Crippen molar-refractivity contribution in [2.24, 2.45) is 0 Å². The molecule has 1 unspecified atom stereocenters. The lowest BCUT2D eigenvalue weighted by Gasteiger charge is -2.41. The number of nitrogens with one attached hydrogen (secondary N) is 1. The summed E-state index contributed by atoms with van der Waals surface area (Å²) < 4.78 is 5.21. The molecule has 1 aromatic carbocycles. The summed E-state index contributed by atoms with van der Waals surface area (Å²) in [7, 11) is 1.63. The number of aromatic nitrogens is 1. The fourth-order valence-electron chi connectivity index (χ4n) is 4.08. The lowest BCUT2D eigenvalue weighted by Crippen LogP contribution is -2.57. The molecule has 2 aromatic rings. The van der Waals surface area contributed by atoms with Crippen LogP contribution in [-0.2, 0) is 4.79 Å². The first-order chi connectivity index (χ1) is 14.2. The Balaban J connectivity index is 1.49. The molecule has 2 saturated heterocycles. The molecule has 2 fully saturated rings. The van der Waals surface area contributed by atoms with Gasteiger partial charge in [-0.05, 0) is 36.6 Å². The Morgan fingerprint density at radius 1 is 1.17 bits per heavy atom. The average molecular weight is 394 g/mol. The zero-order valence-electron chi connectivity index (χ0n) is 16.6.